The van der Waals surface area contributed by atoms with Crippen LogP contribution in [0.4, 0.5) is 5.69 Å². The number of carboxylic acids is 1. The van der Waals surface area contributed by atoms with Gasteiger partial charge in [0.1, 0.15) is 0 Å². The molecule has 0 radical (unpaired) electrons. The number of para-hydroxylation sites is 1. The minimum Gasteiger partial charge on any atom is -0.481 e. The van der Waals surface area contributed by atoms with Gasteiger partial charge in [-0.1, -0.05) is 18.2 Å². The highest BCUT2D eigenvalue weighted by Gasteiger charge is 2.06. The number of amides is 1. The molecule has 0 fully saturated rings. The predicted molar refractivity (Wildman–Crippen MR) is 67.1 cm³/mol. The number of hydrogen-bond acceptors (Lipinski definition) is 3. The molecule has 5 heteroatoms. The number of unbranched alkanes of at least 4 members (excludes halogenated alkanes) is 1. The standard InChI is InChI=1S/C13H17NO4/c15-9-10-5-1-2-6-11(10)14-12(16)7-3-4-8-13(17)18/h1-2,5-6,15H,3-4,7-9H2,(H,14,16)(H,17,18). The van der Waals surface area contributed by atoms with Crippen LogP contribution >= 0.6 is 0 Å². The van der Waals surface area contributed by atoms with Gasteiger partial charge < -0.3 is 15.5 Å². The van der Waals surface area contributed by atoms with Crippen LogP contribution in [0.2, 0.25) is 0 Å². The molecule has 18 heavy (non-hydrogen) atoms. The zero-order chi connectivity index (χ0) is 13.4. The first-order valence-electron chi connectivity index (χ1n) is 5.84. The van der Waals surface area contributed by atoms with Crippen molar-refractivity contribution in [3.8, 4) is 0 Å². The molecule has 0 saturated heterocycles. The number of nitrogens with one attached hydrogen (secondary N) is 1. The molecule has 0 atom stereocenters. The van der Waals surface area contributed by atoms with Crippen molar-refractivity contribution < 1.29 is 19.8 Å². The van der Waals surface area contributed by atoms with E-state index in [2.05, 4.69) is 5.32 Å². The molecular weight excluding hydrogens is 234 g/mol. The highest BCUT2D eigenvalue weighted by atomic mass is 16.4. The Morgan fingerprint density at radius 1 is 1.11 bits per heavy atom. The van der Waals surface area contributed by atoms with Gasteiger partial charge in [0.15, 0.2) is 0 Å². The molecule has 0 heterocycles. The molecule has 1 rings (SSSR count). The maximum absolute atomic E-state index is 11.6. The summed E-state index contributed by atoms with van der Waals surface area (Å²) < 4.78 is 0. The molecule has 0 aliphatic carbocycles. The number of hydrogen-bond donors (Lipinski definition) is 3. The lowest BCUT2D eigenvalue weighted by Gasteiger charge is -2.08. The molecule has 1 amide bonds. The quantitative estimate of drug-likeness (QED) is 0.644. The lowest BCUT2D eigenvalue weighted by Crippen LogP contribution is -2.12. The van der Waals surface area contributed by atoms with E-state index in [1.807, 2.05) is 0 Å². The molecule has 5 nitrogen and oxygen atoms in total. The average molecular weight is 251 g/mol. The Labute approximate surface area is 105 Å². The summed E-state index contributed by atoms with van der Waals surface area (Å²) in [5.41, 5.74) is 1.26. The highest BCUT2D eigenvalue weighted by Crippen LogP contribution is 2.15. The Morgan fingerprint density at radius 3 is 2.44 bits per heavy atom. The Morgan fingerprint density at radius 2 is 1.78 bits per heavy atom. The van der Waals surface area contributed by atoms with Crippen LogP contribution in [0.5, 0.6) is 0 Å². The number of rotatable bonds is 7. The van der Waals surface area contributed by atoms with Crippen LogP contribution in [0, 0.1) is 0 Å². The molecule has 0 unspecified atom stereocenters. The molecular formula is C13H17NO4. The number of carboxylic acid groups (broad SMARTS) is 1. The van der Waals surface area contributed by atoms with Crippen LogP contribution in [0.15, 0.2) is 24.3 Å². The van der Waals surface area contributed by atoms with E-state index in [1.165, 1.54) is 0 Å². The first kappa shape index (κ1) is 14.2. The Hall–Kier alpha value is -1.88. The third kappa shape index (κ3) is 4.97. The van der Waals surface area contributed by atoms with Crippen LogP contribution in [-0.2, 0) is 16.2 Å². The Bertz CT molecular complexity index is 417. The van der Waals surface area contributed by atoms with Gasteiger partial charge >= 0.3 is 5.97 Å². The van der Waals surface area contributed by atoms with E-state index in [0.29, 0.717) is 24.1 Å². The second kappa shape index (κ2) is 7.45. The van der Waals surface area contributed by atoms with Crippen LogP contribution < -0.4 is 5.32 Å². The minimum atomic E-state index is -0.846. The fraction of sp³-hybridized carbons (Fsp3) is 0.385. The summed E-state index contributed by atoms with van der Waals surface area (Å²) in [6, 6.07) is 7.02. The summed E-state index contributed by atoms with van der Waals surface area (Å²) in [6.07, 6.45) is 1.40. The molecule has 0 aliphatic rings. The van der Waals surface area contributed by atoms with Crippen molar-refractivity contribution in [3.05, 3.63) is 29.8 Å². The summed E-state index contributed by atoms with van der Waals surface area (Å²) in [7, 11) is 0. The SMILES string of the molecule is O=C(O)CCCCC(=O)Nc1ccccc1CO. The molecule has 0 bridgehead atoms. The van der Waals surface area contributed by atoms with Gasteiger partial charge in [0, 0.05) is 24.1 Å². The summed E-state index contributed by atoms with van der Waals surface area (Å²) in [5.74, 6) is -1.01. The van der Waals surface area contributed by atoms with E-state index in [-0.39, 0.29) is 25.4 Å². The number of benzene rings is 1. The lowest BCUT2D eigenvalue weighted by atomic mass is 10.1. The molecule has 0 aromatic heterocycles. The lowest BCUT2D eigenvalue weighted by molar-refractivity contribution is -0.137. The highest BCUT2D eigenvalue weighted by molar-refractivity contribution is 5.91. The van der Waals surface area contributed by atoms with Gasteiger partial charge in [0.25, 0.3) is 0 Å². The molecule has 0 spiro atoms. The summed E-state index contributed by atoms with van der Waals surface area (Å²) in [5, 5.41) is 20.2. The van der Waals surface area contributed by atoms with Crippen molar-refractivity contribution in [2.45, 2.75) is 32.3 Å². The second-order valence-corrected chi connectivity index (χ2v) is 3.96. The smallest absolute Gasteiger partial charge is 0.303 e. The minimum absolute atomic E-state index is 0.0838. The van der Waals surface area contributed by atoms with Gasteiger partial charge in [-0.15, -0.1) is 0 Å². The average Bonchev–Trinajstić information content (AvgIpc) is 2.35. The van der Waals surface area contributed by atoms with E-state index in [9.17, 15) is 9.59 Å². The number of carbonyl (C=O) groups is 2. The van der Waals surface area contributed by atoms with Gasteiger partial charge in [-0.2, -0.15) is 0 Å². The zero-order valence-electron chi connectivity index (χ0n) is 10.1. The number of anilines is 1. The Kier molecular flexibility index (Phi) is 5.87. The van der Waals surface area contributed by atoms with Crippen LogP contribution in [0.25, 0.3) is 0 Å². The first-order valence-corrected chi connectivity index (χ1v) is 5.84. The molecule has 3 N–H and O–H groups in total. The van der Waals surface area contributed by atoms with Gasteiger partial charge in [-0.05, 0) is 18.9 Å². The normalized spacial score (nSPS) is 10.1. The molecule has 1 aromatic carbocycles. The number of aliphatic hydroxyl groups excluding tert-OH is 1. The Balaban J connectivity index is 2.37. The fourth-order valence-electron chi connectivity index (χ4n) is 1.55. The van der Waals surface area contributed by atoms with Crippen molar-refractivity contribution in [1.82, 2.24) is 0 Å². The monoisotopic (exact) mass is 251 g/mol. The van der Waals surface area contributed by atoms with E-state index in [4.69, 9.17) is 10.2 Å². The van der Waals surface area contributed by atoms with E-state index in [0.717, 1.165) is 0 Å². The van der Waals surface area contributed by atoms with Crippen molar-refractivity contribution in [3.63, 3.8) is 0 Å². The number of carbonyl (C=O) groups excluding carboxylic acids is 1. The first-order chi connectivity index (χ1) is 8.63. The van der Waals surface area contributed by atoms with E-state index >= 15 is 0 Å². The van der Waals surface area contributed by atoms with Gasteiger partial charge in [-0.3, -0.25) is 9.59 Å². The summed E-state index contributed by atoms with van der Waals surface area (Å²) in [6.45, 7) is -0.129. The third-order valence-corrected chi connectivity index (χ3v) is 2.51. The number of aliphatic hydroxyl groups is 1. The van der Waals surface area contributed by atoms with Crippen molar-refractivity contribution in [1.29, 1.82) is 0 Å². The molecule has 0 saturated carbocycles. The van der Waals surface area contributed by atoms with Gasteiger partial charge in [0.05, 0.1) is 6.61 Å². The van der Waals surface area contributed by atoms with Crippen LogP contribution in [0.1, 0.15) is 31.2 Å². The van der Waals surface area contributed by atoms with Crippen molar-refractivity contribution in [2.24, 2.45) is 0 Å². The van der Waals surface area contributed by atoms with E-state index in [1.54, 1.807) is 24.3 Å². The zero-order valence-corrected chi connectivity index (χ0v) is 10.1. The summed E-state index contributed by atoms with van der Waals surface area (Å²) in [4.78, 5) is 21.9. The second-order valence-electron chi connectivity index (χ2n) is 3.96. The third-order valence-electron chi connectivity index (χ3n) is 2.51. The molecule has 98 valence electrons. The largest absolute Gasteiger partial charge is 0.481 e. The summed E-state index contributed by atoms with van der Waals surface area (Å²) >= 11 is 0. The molecule has 0 aliphatic heterocycles. The number of aliphatic carboxylic acids is 1. The molecule has 1 aromatic rings. The maximum atomic E-state index is 11.6. The maximum Gasteiger partial charge on any atom is 0.303 e. The fourth-order valence-corrected chi connectivity index (χ4v) is 1.55. The van der Waals surface area contributed by atoms with Crippen LogP contribution in [-0.4, -0.2) is 22.1 Å². The van der Waals surface area contributed by atoms with Crippen molar-refractivity contribution in [2.75, 3.05) is 5.32 Å². The van der Waals surface area contributed by atoms with Gasteiger partial charge in [0.2, 0.25) is 5.91 Å². The van der Waals surface area contributed by atoms with Crippen LogP contribution in [0.3, 0.4) is 0 Å². The van der Waals surface area contributed by atoms with E-state index < -0.39 is 5.97 Å². The van der Waals surface area contributed by atoms with Crippen molar-refractivity contribution >= 4 is 17.6 Å². The topological polar surface area (TPSA) is 86.6 Å². The predicted octanol–water partition coefficient (Wildman–Crippen LogP) is 1.76. The van der Waals surface area contributed by atoms with Gasteiger partial charge in [-0.25, -0.2) is 0 Å².